The summed E-state index contributed by atoms with van der Waals surface area (Å²) < 4.78 is 0. The van der Waals surface area contributed by atoms with E-state index in [-0.39, 0.29) is 5.54 Å². The molecule has 0 amide bonds. The Morgan fingerprint density at radius 2 is 1.71 bits per heavy atom. The van der Waals surface area contributed by atoms with Gasteiger partial charge in [0.15, 0.2) is 0 Å². The van der Waals surface area contributed by atoms with Crippen LogP contribution < -0.4 is 5.73 Å². The van der Waals surface area contributed by atoms with Crippen molar-refractivity contribution in [2.24, 2.45) is 11.7 Å². The Kier molecular flexibility index (Phi) is 3.88. The van der Waals surface area contributed by atoms with Gasteiger partial charge in [-0.1, -0.05) is 61.9 Å². The van der Waals surface area contributed by atoms with E-state index in [9.17, 15) is 0 Å². The summed E-state index contributed by atoms with van der Waals surface area (Å²) in [5.74, 6) is 0.833. The molecule has 94 valence electrons. The molecule has 0 saturated heterocycles. The molecule has 1 unspecified atom stereocenters. The van der Waals surface area contributed by atoms with Gasteiger partial charge in [-0.15, -0.1) is 0 Å². The molecule has 0 aromatic heterocycles. The molecule has 1 aliphatic carbocycles. The Bertz CT molecular complexity index is 344. The molecule has 0 spiro atoms. The Labute approximate surface area is 105 Å². The van der Waals surface area contributed by atoms with Crippen molar-refractivity contribution in [3.8, 4) is 0 Å². The van der Waals surface area contributed by atoms with E-state index in [4.69, 9.17) is 5.73 Å². The van der Waals surface area contributed by atoms with Gasteiger partial charge < -0.3 is 5.73 Å². The Balaban J connectivity index is 2.04. The Morgan fingerprint density at radius 3 is 2.29 bits per heavy atom. The molecule has 1 aromatic rings. The van der Waals surface area contributed by atoms with Gasteiger partial charge in [-0.05, 0) is 31.7 Å². The van der Waals surface area contributed by atoms with E-state index in [1.165, 1.54) is 43.2 Å². The molecular weight excluding hydrogens is 206 g/mol. The summed E-state index contributed by atoms with van der Waals surface area (Å²) in [5.41, 5.74) is 8.96. The molecular formula is C16H25N. The average Bonchev–Trinajstić information content (AvgIpc) is 2.30. The lowest BCUT2D eigenvalue weighted by Crippen LogP contribution is -2.35. The monoisotopic (exact) mass is 231 g/mol. The van der Waals surface area contributed by atoms with Crippen LogP contribution in [0.25, 0.3) is 0 Å². The first-order chi connectivity index (χ1) is 8.08. The highest BCUT2D eigenvalue weighted by Gasteiger charge is 2.26. The molecule has 17 heavy (non-hydrogen) atoms. The number of hydrogen-bond donors (Lipinski definition) is 1. The molecule has 0 heterocycles. The lowest BCUT2D eigenvalue weighted by molar-refractivity contribution is 0.272. The molecule has 2 rings (SSSR count). The standard InChI is InChI=1S/C16H25N/c1-13-8-10-15(11-9-13)16(2,17)12-14-6-4-3-5-7-14/h8-11,14H,3-7,12,17H2,1-2H3. The van der Waals surface area contributed by atoms with Crippen molar-refractivity contribution in [1.82, 2.24) is 0 Å². The predicted octanol–water partition coefficient (Wildman–Crippen LogP) is 4.14. The van der Waals surface area contributed by atoms with E-state index in [2.05, 4.69) is 38.1 Å². The fraction of sp³-hybridized carbons (Fsp3) is 0.625. The molecule has 1 atom stereocenters. The molecule has 1 saturated carbocycles. The maximum Gasteiger partial charge on any atom is 0.0383 e. The molecule has 2 N–H and O–H groups in total. The van der Waals surface area contributed by atoms with Crippen LogP contribution in [0.3, 0.4) is 0 Å². The SMILES string of the molecule is Cc1ccc(C(C)(N)CC2CCCCC2)cc1. The van der Waals surface area contributed by atoms with Crippen molar-refractivity contribution in [2.75, 3.05) is 0 Å². The minimum atomic E-state index is -0.157. The van der Waals surface area contributed by atoms with Crippen LogP contribution in [0, 0.1) is 12.8 Å². The van der Waals surface area contributed by atoms with Crippen molar-refractivity contribution >= 4 is 0 Å². The van der Waals surface area contributed by atoms with E-state index in [1.807, 2.05) is 0 Å². The normalized spacial score (nSPS) is 21.1. The molecule has 1 nitrogen and oxygen atoms in total. The lowest BCUT2D eigenvalue weighted by atomic mass is 9.77. The summed E-state index contributed by atoms with van der Waals surface area (Å²) >= 11 is 0. The van der Waals surface area contributed by atoms with Crippen molar-refractivity contribution in [1.29, 1.82) is 0 Å². The van der Waals surface area contributed by atoms with E-state index in [0.29, 0.717) is 0 Å². The number of hydrogen-bond acceptors (Lipinski definition) is 1. The van der Waals surface area contributed by atoms with Crippen LogP contribution in [-0.4, -0.2) is 0 Å². The minimum absolute atomic E-state index is 0.157. The zero-order valence-electron chi connectivity index (χ0n) is 11.2. The third kappa shape index (κ3) is 3.32. The van der Waals surface area contributed by atoms with E-state index < -0.39 is 0 Å². The van der Waals surface area contributed by atoms with Crippen LogP contribution in [-0.2, 0) is 5.54 Å². The van der Waals surface area contributed by atoms with Crippen LogP contribution in [0.1, 0.15) is 56.6 Å². The van der Waals surface area contributed by atoms with Crippen LogP contribution in [0.2, 0.25) is 0 Å². The molecule has 1 aromatic carbocycles. The highest BCUT2D eigenvalue weighted by atomic mass is 14.7. The average molecular weight is 231 g/mol. The van der Waals surface area contributed by atoms with Crippen LogP contribution in [0.5, 0.6) is 0 Å². The van der Waals surface area contributed by atoms with Gasteiger partial charge >= 0.3 is 0 Å². The topological polar surface area (TPSA) is 26.0 Å². The first kappa shape index (κ1) is 12.6. The second-order valence-corrected chi connectivity index (χ2v) is 5.99. The highest BCUT2D eigenvalue weighted by Crippen LogP contribution is 2.33. The third-order valence-electron chi connectivity index (χ3n) is 4.15. The highest BCUT2D eigenvalue weighted by molar-refractivity contribution is 5.27. The van der Waals surface area contributed by atoms with E-state index >= 15 is 0 Å². The zero-order valence-corrected chi connectivity index (χ0v) is 11.2. The van der Waals surface area contributed by atoms with Crippen LogP contribution >= 0.6 is 0 Å². The minimum Gasteiger partial charge on any atom is -0.322 e. The summed E-state index contributed by atoms with van der Waals surface area (Å²) in [6, 6.07) is 8.72. The van der Waals surface area contributed by atoms with Crippen LogP contribution in [0.4, 0.5) is 0 Å². The van der Waals surface area contributed by atoms with Crippen LogP contribution in [0.15, 0.2) is 24.3 Å². The lowest BCUT2D eigenvalue weighted by Gasteiger charge is -2.32. The summed E-state index contributed by atoms with van der Waals surface area (Å²) in [6.45, 7) is 4.31. The Hall–Kier alpha value is -0.820. The number of nitrogens with two attached hydrogens (primary N) is 1. The molecule has 1 aliphatic rings. The van der Waals surface area contributed by atoms with Crippen molar-refractivity contribution in [3.05, 3.63) is 35.4 Å². The fourth-order valence-corrected chi connectivity index (χ4v) is 3.04. The number of rotatable bonds is 3. The van der Waals surface area contributed by atoms with Gasteiger partial charge in [0.05, 0.1) is 0 Å². The van der Waals surface area contributed by atoms with Gasteiger partial charge in [0.1, 0.15) is 0 Å². The van der Waals surface area contributed by atoms with E-state index in [1.54, 1.807) is 0 Å². The summed E-state index contributed by atoms with van der Waals surface area (Å²) in [7, 11) is 0. The predicted molar refractivity (Wildman–Crippen MR) is 73.9 cm³/mol. The zero-order chi connectivity index (χ0) is 12.3. The van der Waals surface area contributed by atoms with Gasteiger partial charge in [-0.25, -0.2) is 0 Å². The number of benzene rings is 1. The molecule has 0 aliphatic heterocycles. The maximum absolute atomic E-state index is 6.52. The summed E-state index contributed by atoms with van der Waals surface area (Å²) in [4.78, 5) is 0. The Morgan fingerprint density at radius 1 is 1.12 bits per heavy atom. The van der Waals surface area contributed by atoms with Gasteiger partial charge in [-0.2, -0.15) is 0 Å². The first-order valence-corrected chi connectivity index (χ1v) is 6.94. The quantitative estimate of drug-likeness (QED) is 0.831. The molecule has 0 radical (unpaired) electrons. The largest absolute Gasteiger partial charge is 0.322 e. The number of aryl methyl sites for hydroxylation is 1. The third-order valence-corrected chi connectivity index (χ3v) is 4.15. The second-order valence-electron chi connectivity index (χ2n) is 5.99. The smallest absolute Gasteiger partial charge is 0.0383 e. The van der Waals surface area contributed by atoms with Crippen molar-refractivity contribution < 1.29 is 0 Å². The van der Waals surface area contributed by atoms with Gasteiger partial charge in [-0.3, -0.25) is 0 Å². The first-order valence-electron chi connectivity index (χ1n) is 6.94. The maximum atomic E-state index is 6.52. The molecule has 0 bridgehead atoms. The fourth-order valence-electron chi connectivity index (χ4n) is 3.04. The van der Waals surface area contributed by atoms with Gasteiger partial charge in [0.25, 0.3) is 0 Å². The van der Waals surface area contributed by atoms with Crippen molar-refractivity contribution in [2.45, 2.75) is 57.9 Å². The molecule has 1 fully saturated rings. The van der Waals surface area contributed by atoms with E-state index in [0.717, 1.165) is 12.3 Å². The van der Waals surface area contributed by atoms with Gasteiger partial charge in [0.2, 0.25) is 0 Å². The van der Waals surface area contributed by atoms with Crippen molar-refractivity contribution in [3.63, 3.8) is 0 Å². The summed E-state index contributed by atoms with van der Waals surface area (Å²) in [5, 5.41) is 0. The summed E-state index contributed by atoms with van der Waals surface area (Å²) in [6.07, 6.45) is 8.10. The van der Waals surface area contributed by atoms with Gasteiger partial charge in [0, 0.05) is 5.54 Å². The second kappa shape index (κ2) is 5.22. The molecule has 1 heteroatoms.